The first-order chi connectivity index (χ1) is 9.11. The maximum Gasteiger partial charge on any atom is 0.244 e. The number of nitrogens with two attached hydrogens (primary N) is 1. The zero-order valence-electron chi connectivity index (χ0n) is 11.4. The molecule has 1 atom stereocenters. The SMILES string of the molecule is Cc1ccc(C(N)C(=O)N2CCC(CO)CC2)cc1. The average Bonchev–Trinajstić information content (AvgIpc) is 2.46. The summed E-state index contributed by atoms with van der Waals surface area (Å²) in [7, 11) is 0. The summed E-state index contributed by atoms with van der Waals surface area (Å²) in [5, 5.41) is 9.10. The van der Waals surface area contributed by atoms with Crippen LogP contribution < -0.4 is 5.73 Å². The predicted molar refractivity (Wildman–Crippen MR) is 74.5 cm³/mol. The first-order valence-electron chi connectivity index (χ1n) is 6.83. The van der Waals surface area contributed by atoms with Crippen LogP contribution in [0.5, 0.6) is 0 Å². The molecule has 4 heteroatoms. The van der Waals surface area contributed by atoms with Gasteiger partial charge in [0.05, 0.1) is 0 Å². The summed E-state index contributed by atoms with van der Waals surface area (Å²) >= 11 is 0. The van der Waals surface area contributed by atoms with Crippen LogP contribution in [0.2, 0.25) is 0 Å². The zero-order valence-corrected chi connectivity index (χ0v) is 11.4. The molecule has 1 aromatic carbocycles. The minimum atomic E-state index is -0.578. The smallest absolute Gasteiger partial charge is 0.244 e. The molecular weight excluding hydrogens is 240 g/mol. The van der Waals surface area contributed by atoms with Gasteiger partial charge in [0.1, 0.15) is 6.04 Å². The molecule has 0 aliphatic carbocycles. The Morgan fingerprint density at radius 3 is 2.47 bits per heavy atom. The fourth-order valence-electron chi connectivity index (χ4n) is 2.45. The largest absolute Gasteiger partial charge is 0.396 e. The predicted octanol–water partition coefficient (Wildman–Crippen LogP) is 1.23. The maximum atomic E-state index is 12.3. The fraction of sp³-hybridized carbons (Fsp3) is 0.533. The van der Waals surface area contributed by atoms with E-state index in [0.29, 0.717) is 19.0 Å². The van der Waals surface area contributed by atoms with Crippen LogP contribution in [0.4, 0.5) is 0 Å². The zero-order chi connectivity index (χ0) is 13.8. The summed E-state index contributed by atoms with van der Waals surface area (Å²) in [4.78, 5) is 14.1. The molecule has 1 saturated heterocycles. The Kier molecular flexibility index (Phi) is 4.56. The molecule has 1 aromatic rings. The number of amides is 1. The quantitative estimate of drug-likeness (QED) is 0.861. The van der Waals surface area contributed by atoms with Crippen LogP contribution in [0, 0.1) is 12.8 Å². The Morgan fingerprint density at radius 2 is 1.95 bits per heavy atom. The molecule has 3 N–H and O–H groups in total. The Balaban J connectivity index is 1.98. The molecule has 4 nitrogen and oxygen atoms in total. The van der Waals surface area contributed by atoms with Crippen LogP contribution in [0.15, 0.2) is 24.3 Å². The van der Waals surface area contributed by atoms with Gasteiger partial charge in [-0.1, -0.05) is 29.8 Å². The van der Waals surface area contributed by atoms with E-state index in [0.717, 1.165) is 24.0 Å². The van der Waals surface area contributed by atoms with Crippen molar-refractivity contribution in [1.29, 1.82) is 0 Å². The van der Waals surface area contributed by atoms with E-state index in [-0.39, 0.29) is 12.5 Å². The molecule has 2 rings (SSSR count). The van der Waals surface area contributed by atoms with E-state index in [2.05, 4.69) is 0 Å². The van der Waals surface area contributed by atoms with Crippen molar-refractivity contribution in [3.8, 4) is 0 Å². The molecule has 0 bridgehead atoms. The lowest BCUT2D eigenvalue weighted by Gasteiger charge is -2.32. The Morgan fingerprint density at radius 1 is 1.37 bits per heavy atom. The molecule has 1 aliphatic rings. The van der Waals surface area contributed by atoms with E-state index in [1.165, 1.54) is 0 Å². The average molecular weight is 262 g/mol. The molecule has 0 aromatic heterocycles. The van der Waals surface area contributed by atoms with Crippen molar-refractivity contribution in [2.24, 2.45) is 11.7 Å². The Bertz CT molecular complexity index is 422. The number of hydrogen-bond donors (Lipinski definition) is 2. The lowest BCUT2D eigenvalue weighted by molar-refractivity contribution is -0.134. The number of carbonyl (C=O) groups is 1. The second-order valence-electron chi connectivity index (χ2n) is 5.34. The number of aliphatic hydroxyl groups is 1. The van der Waals surface area contributed by atoms with Gasteiger partial charge in [0.15, 0.2) is 0 Å². The lowest BCUT2D eigenvalue weighted by atomic mass is 9.96. The number of hydrogen-bond acceptors (Lipinski definition) is 3. The molecule has 0 radical (unpaired) electrons. The van der Waals surface area contributed by atoms with Crippen LogP contribution in [-0.4, -0.2) is 35.6 Å². The van der Waals surface area contributed by atoms with E-state index in [9.17, 15) is 4.79 Å². The summed E-state index contributed by atoms with van der Waals surface area (Å²) in [6, 6.07) is 7.20. The number of rotatable bonds is 3. The third-order valence-electron chi connectivity index (χ3n) is 3.89. The third-order valence-corrected chi connectivity index (χ3v) is 3.89. The summed E-state index contributed by atoms with van der Waals surface area (Å²) < 4.78 is 0. The molecule has 19 heavy (non-hydrogen) atoms. The van der Waals surface area contributed by atoms with Crippen molar-refractivity contribution in [1.82, 2.24) is 4.90 Å². The second-order valence-corrected chi connectivity index (χ2v) is 5.34. The lowest BCUT2D eigenvalue weighted by Crippen LogP contribution is -2.43. The number of likely N-dealkylation sites (tertiary alicyclic amines) is 1. The van der Waals surface area contributed by atoms with Crippen molar-refractivity contribution >= 4 is 5.91 Å². The number of piperidine rings is 1. The van der Waals surface area contributed by atoms with Crippen LogP contribution in [0.1, 0.15) is 30.0 Å². The molecule has 1 unspecified atom stereocenters. The minimum Gasteiger partial charge on any atom is -0.396 e. The van der Waals surface area contributed by atoms with E-state index >= 15 is 0 Å². The summed E-state index contributed by atoms with van der Waals surface area (Å²) in [5.74, 6) is 0.319. The topological polar surface area (TPSA) is 66.6 Å². The number of aliphatic hydroxyl groups excluding tert-OH is 1. The Hall–Kier alpha value is -1.39. The van der Waals surface area contributed by atoms with Crippen LogP contribution in [0.25, 0.3) is 0 Å². The highest BCUT2D eigenvalue weighted by molar-refractivity contribution is 5.83. The molecular formula is C15H22N2O2. The molecule has 1 amide bonds. The highest BCUT2D eigenvalue weighted by atomic mass is 16.3. The molecule has 104 valence electrons. The van der Waals surface area contributed by atoms with Crippen molar-refractivity contribution < 1.29 is 9.90 Å². The number of carbonyl (C=O) groups excluding carboxylic acids is 1. The van der Waals surface area contributed by atoms with Crippen molar-refractivity contribution in [2.45, 2.75) is 25.8 Å². The Labute approximate surface area is 114 Å². The van der Waals surface area contributed by atoms with Gasteiger partial charge in [0.25, 0.3) is 0 Å². The third kappa shape index (κ3) is 3.33. The van der Waals surface area contributed by atoms with Gasteiger partial charge in [0, 0.05) is 19.7 Å². The van der Waals surface area contributed by atoms with Gasteiger partial charge in [-0.3, -0.25) is 4.79 Å². The van der Waals surface area contributed by atoms with E-state index < -0.39 is 6.04 Å². The molecule has 0 spiro atoms. The normalized spacial score (nSPS) is 18.4. The molecule has 0 saturated carbocycles. The van der Waals surface area contributed by atoms with Crippen molar-refractivity contribution in [2.75, 3.05) is 19.7 Å². The molecule has 1 fully saturated rings. The monoisotopic (exact) mass is 262 g/mol. The molecule has 1 heterocycles. The van der Waals surface area contributed by atoms with E-state index in [1.54, 1.807) is 0 Å². The van der Waals surface area contributed by atoms with Gasteiger partial charge in [-0.15, -0.1) is 0 Å². The number of nitrogens with zero attached hydrogens (tertiary/aromatic N) is 1. The standard InChI is InChI=1S/C15H22N2O2/c1-11-2-4-13(5-3-11)14(16)15(19)17-8-6-12(10-18)7-9-17/h2-5,12,14,18H,6-10,16H2,1H3. The van der Waals surface area contributed by atoms with Crippen molar-refractivity contribution in [3.63, 3.8) is 0 Å². The molecule has 1 aliphatic heterocycles. The summed E-state index contributed by atoms with van der Waals surface area (Å²) in [6.07, 6.45) is 1.73. The summed E-state index contributed by atoms with van der Waals surface area (Å²) in [6.45, 7) is 3.62. The fourth-order valence-corrected chi connectivity index (χ4v) is 2.45. The van der Waals surface area contributed by atoms with Crippen LogP contribution in [0.3, 0.4) is 0 Å². The van der Waals surface area contributed by atoms with Gasteiger partial charge in [-0.05, 0) is 31.2 Å². The highest BCUT2D eigenvalue weighted by Crippen LogP contribution is 2.20. The van der Waals surface area contributed by atoms with Crippen molar-refractivity contribution in [3.05, 3.63) is 35.4 Å². The van der Waals surface area contributed by atoms with Gasteiger partial charge in [-0.2, -0.15) is 0 Å². The minimum absolute atomic E-state index is 0.0137. The second kappa shape index (κ2) is 6.17. The number of aryl methyl sites for hydroxylation is 1. The van der Waals surface area contributed by atoms with Gasteiger partial charge in [-0.25, -0.2) is 0 Å². The van der Waals surface area contributed by atoms with Crippen LogP contribution >= 0.6 is 0 Å². The van der Waals surface area contributed by atoms with E-state index in [1.807, 2.05) is 36.1 Å². The first kappa shape index (κ1) is 14.0. The summed E-state index contributed by atoms with van der Waals surface area (Å²) in [5.41, 5.74) is 8.07. The van der Waals surface area contributed by atoms with Gasteiger partial charge >= 0.3 is 0 Å². The van der Waals surface area contributed by atoms with E-state index in [4.69, 9.17) is 10.8 Å². The van der Waals surface area contributed by atoms with Gasteiger partial charge < -0.3 is 15.7 Å². The van der Waals surface area contributed by atoms with Gasteiger partial charge in [0.2, 0.25) is 5.91 Å². The van der Waals surface area contributed by atoms with Crippen LogP contribution in [-0.2, 0) is 4.79 Å². The highest BCUT2D eigenvalue weighted by Gasteiger charge is 2.26. The number of benzene rings is 1. The maximum absolute atomic E-state index is 12.3. The first-order valence-corrected chi connectivity index (χ1v) is 6.83.